The SMILES string of the molecule is CC/C=C\C/C=C\C/C=C\C/C=C\CCC(=O)NC(CS(=O)(=O)O)C(O)/C=C/CC/C=C/CCCCCCCCCCCCCCC. The van der Waals surface area contributed by atoms with Gasteiger partial charge < -0.3 is 10.4 Å². The van der Waals surface area contributed by atoms with Gasteiger partial charge in [-0.1, -0.05) is 164 Å². The molecule has 0 aromatic rings. The Balaban J connectivity index is 4.12. The second kappa shape index (κ2) is 33.7. The van der Waals surface area contributed by atoms with E-state index in [1.807, 2.05) is 12.2 Å². The van der Waals surface area contributed by atoms with E-state index in [0.29, 0.717) is 12.8 Å². The molecule has 0 saturated heterocycles. The third-order valence-electron chi connectivity index (χ3n) is 7.88. The monoisotopic (exact) mass is 675 g/mol. The van der Waals surface area contributed by atoms with Crippen LogP contribution in [0.2, 0.25) is 0 Å². The standard InChI is InChI=1S/C40H69NO5S/c1-3-5-7-9-11-13-15-17-18-19-20-21-22-24-25-27-29-31-33-35-39(42)38(37-47(44,45)46)41-40(43)36-34-32-30-28-26-23-16-14-12-10-8-6-4-2/h6,8,12,14,23,25-27,30,32-33,35,38-39,42H,3-5,7,9-11,13,15-22,24,28-29,31,34,36-37H2,1-2H3,(H,41,43)(H,44,45,46)/b8-6-,14-12-,26-23-,27-25+,32-30-,35-33+. The number of carbonyl (C=O) groups excluding carboxylic acids is 1. The van der Waals surface area contributed by atoms with Crippen molar-refractivity contribution in [1.82, 2.24) is 5.32 Å². The van der Waals surface area contributed by atoms with E-state index < -0.39 is 28.0 Å². The molecule has 2 atom stereocenters. The van der Waals surface area contributed by atoms with E-state index in [4.69, 9.17) is 0 Å². The zero-order valence-electron chi connectivity index (χ0n) is 29.9. The molecule has 47 heavy (non-hydrogen) atoms. The summed E-state index contributed by atoms with van der Waals surface area (Å²) in [6, 6.07) is -1.11. The van der Waals surface area contributed by atoms with Gasteiger partial charge in [-0.2, -0.15) is 8.42 Å². The predicted molar refractivity (Wildman–Crippen MR) is 202 cm³/mol. The highest BCUT2D eigenvalue weighted by molar-refractivity contribution is 7.85. The second-order valence-corrected chi connectivity index (χ2v) is 14.0. The number of amides is 1. The molecular weight excluding hydrogens is 607 g/mol. The first kappa shape index (κ1) is 44.8. The van der Waals surface area contributed by atoms with Crippen molar-refractivity contribution in [3.8, 4) is 0 Å². The van der Waals surface area contributed by atoms with Gasteiger partial charge in [-0.05, 0) is 57.8 Å². The van der Waals surface area contributed by atoms with Crippen molar-refractivity contribution < 1.29 is 22.9 Å². The first-order valence-corrected chi connectivity index (χ1v) is 20.2. The minimum Gasteiger partial charge on any atom is -0.387 e. The molecule has 7 heteroatoms. The predicted octanol–water partition coefficient (Wildman–Crippen LogP) is 10.7. The maximum Gasteiger partial charge on any atom is 0.267 e. The fourth-order valence-electron chi connectivity index (χ4n) is 5.12. The largest absolute Gasteiger partial charge is 0.387 e. The molecule has 3 N–H and O–H groups in total. The van der Waals surface area contributed by atoms with Gasteiger partial charge in [0, 0.05) is 6.42 Å². The lowest BCUT2D eigenvalue weighted by molar-refractivity contribution is -0.122. The molecule has 0 spiro atoms. The Hall–Kier alpha value is -2.22. The second-order valence-electron chi connectivity index (χ2n) is 12.5. The smallest absolute Gasteiger partial charge is 0.267 e. The number of unbranched alkanes of at least 4 members (excludes halogenated alkanes) is 14. The summed E-state index contributed by atoms with van der Waals surface area (Å²) in [4.78, 5) is 12.4. The number of hydrogen-bond donors (Lipinski definition) is 3. The minimum absolute atomic E-state index is 0.163. The van der Waals surface area contributed by atoms with Gasteiger partial charge in [-0.15, -0.1) is 0 Å². The van der Waals surface area contributed by atoms with Crippen LogP contribution >= 0.6 is 0 Å². The third-order valence-corrected chi connectivity index (χ3v) is 8.66. The Morgan fingerprint density at radius 1 is 0.596 bits per heavy atom. The van der Waals surface area contributed by atoms with Crippen molar-refractivity contribution in [3.63, 3.8) is 0 Å². The molecule has 1 amide bonds. The Bertz CT molecular complexity index is 1010. The quantitative estimate of drug-likeness (QED) is 0.0374. The van der Waals surface area contributed by atoms with Crippen molar-refractivity contribution >= 4 is 16.0 Å². The summed E-state index contributed by atoms with van der Waals surface area (Å²) in [5.74, 6) is -1.11. The Morgan fingerprint density at radius 3 is 1.57 bits per heavy atom. The van der Waals surface area contributed by atoms with Crippen molar-refractivity contribution in [2.24, 2.45) is 0 Å². The molecular formula is C40H69NO5S. The van der Waals surface area contributed by atoms with E-state index in [9.17, 15) is 22.9 Å². The van der Waals surface area contributed by atoms with Gasteiger partial charge in [0.15, 0.2) is 0 Å². The van der Waals surface area contributed by atoms with Crippen LogP contribution in [0.3, 0.4) is 0 Å². The number of aliphatic hydroxyl groups is 1. The maximum absolute atomic E-state index is 12.4. The van der Waals surface area contributed by atoms with Gasteiger partial charge in [0.1, 0.15) is 0 Å². The molecule has 0 saturated carbocycles. The first-order chi connectivity index (χ1) is 22.8. The number of hydrogen-bond acceptors (Lipinski definition) is 4. The van der Waals surface area contributed by atoms with Gasteiger partial charge in [-0.3, -0.25) is 9.35 Å². The van der Waals surface area contributed by atoms with Gasteiger partial charge in [0.05, 0.1) is 17.9 Å². The van der Waals surface area contributed by atoms with Crippen LogP contribution in [0.25, 0.3) is 0 Å². The summed E-state index contributed by atoms with van der Waals surface area (Å²) >= 11 is 0. The lowest BCUT2D eigenvalue weighted by Crippen LogP contribution is -2.46. The van der Waals surface area contributed by atoms with Gasteiger partial charge in [0.2, 0.25) is 5.91 Å². The topological polar surface area (TPSA) is 104 Å². The molecule has 0 radical (unpaired) electrons. The van der Waals surface area contributed by atoms with Crippen LogP contribution in [-0.4, -0.2) is 41.9 Å². The molecule has 0 aliphatic carbocycles. The zero-order valence-corrected chi connectivity index (χ0v) is 30.7. The lowest BCUT2D eigenvalue weighted by Gasteiger charge is -2.20. The normalized spacial score (nSPS) is 14.2. The molecule has 0 aliphatic heterocycles. The van der Waals surface area contributed by atoms with Crippen LogP contribution in [-0.2, 0) is 14.9 Å². The number of carbonyl (C=O) groups is 1. The van der Waals surface area contributed by atoms with Gasteiger partial charge in [0.25, 0.3) is 10.1 Å². The number of rotatable bonds is 32. The lowest BCUT2D eigenvalue weighted by atomic mass is 10.0. The molecule has 270 valence electrons. The number of aliphatic hydroxyl groups excluding tert-OH is 1. The summed E-state index contributed by atoms with van der Waals surface area (Å²) < 4.78 is 32.3. The molecule has 0 fully saturated rings. The van der Waals surface area contributed by atoms with E-state index in [0.717, 1.165) is 38.5 Å². The molecule has 0 aromatic heterocycles. The van der Waals surface area contributed by atoms with Crippen LogP contribution in [0, 0.1) is 0 Å². The van der Waals surface area contributed by atoms with Gasteiger partial charge in [-0.25, -0.2) is 0 Å². The fourth-order valence-corrected chi connectivity index (χ4v) is 5.86. The molecule has 0 aliphatic rings. The summed E-state index contributed by atoms with van der Waals surface area (Å²) in [7, 11) is -4.38. The van der Waals surface area contributed by atoms with Crippen LogP contribution in [0.15, 0.2) is 72.9 Å². The average Bonchev–Trinajstić information content (AvgIpc) is 3.03. The highest BCUT2D eigenvalue weighted by atomic mass is 32.2. The summed E-state index contributed by atoms with van der Waals surface area (Å²) in [5.41, 5.74) is 0. The van der Waals surface area contributed by atoms with Crippen LogP contribution in [0.5, 0.6) is 0 Å². The molecule has 6 nitrogen and oxygen atoms in total. The van der Waals surface area contributed by atoms with Crippen molar-refractivity contribution in [2.75, 3.05) is 5.75 Å². The molecule has 0 bridgehead atoms. The van der Waals surface area contributed by atoms with Crippen molar-refractivity contribution in [3.05, 3.63) is 72.9 Å². The summed E-state index contributed by atoms with van der Waals surface area (Å²) in [5, 5.41) is 13.1. The first-order valence-electron chi connectivity index (χ1n) is 18.6. The van der Waals surface area contributed by atoms with E-state index >= 15 is 0 Å². The van der Waals surface area contributed by atoms with E-state index in [-0.39, 0.29) is 12.3 Å². The van der Waals surface area contributed by atoms with E-state index in [1.165, 1.54) is 89.5 Å². The fraction of sp³-hybridized carbons (Fsp3) is 0.675. The van der Waals surface area contributed by atoms with Crippen LogP contribution in [0.4, 0.5) is 0 Å². The molecule has 2 unspecified atom stereocenters. The zero-order chi connectivity index (χ0) is 34.7. The molecule has 0 aromatic carbocycles. The Kier molecular flexibility index (Phi) is 32.1. The Labute approximate surface area is 289 Å². The van der Waals surface area contributed by atoms with E-state index in [2.05, 4.69) is 67.8 Å². The summed E-state index contributed by atoms with van der Waals surface area (Å²) in [6.07, 6.45) is 47.6. The van der Waals surface area contributed by atoms with Crippen molar-refractivity contribution in [1.29, 1.82) is 0 Å². The molecule has 0 heterocycles. The van der Waals surface area contributed by atoms with E-state index in [1.54, 1.807) is 6.08 Å². The summed E-state index contributed by atoms with van der Waals surface area (Å²) in [6.45, 7) is 4.38. The van der Waals surface area contributed by atoms with Crippen LogP contribution < -0.4 is 5.32 Å². The third kappa shape index (κ3) is 34.9. The highest BCUT2D eigenvalue weighted by Gasteiger charge is 2.24. The number of nitrogens with one attached hydrogen (secondary N) is 1. The Morgan fingerprint density at radius 2 is 1.04 bits per heavy atom. The van der Waals surface area contributed by atoms with Gasteiger partial charge >= 0.3 is 0 Å². The van der Waals surface area contributed by atoms with Crippen LogP contribution in [0.1, 0.15) is 155 Å². The number of allylic oxidation sites excluding steroid dienone is 11. The maximum atomic E-state index is 12.4. The van der Waals surface area contributed by atoms with Crippen molar-refractivity contribution in [2.45, 2.75) is 167 Å². The molecule has 0 rings (SSSR count). The minimum atomic E-state index is -4.38. The highest BCUT2D eigenvalue weighted by Crippen LogP contribution is 2.13. The average molecular weight is 676 g/mol.